The van der Waals surface area contributed by atoms with E-state index >= 15 is 0 Å². The Labute approximate surface area is 150 Å². The predicted molar refractivity (Wildman–Crippen MR) is 86.3 cm³/mol. The Hall–Kier alpha value is -2.38. The van der Waals surface area contributed by atoms with Crippen molar-refractivity contribution in [2.24, 2.45) is 0 Å². The fourth-order valence-corrected chi connectivity index (χ4v) is 1.85. The monoisotopic (exact) mass is 478 g/mol. The maximum absolute atomic E-state index is 4.33. The summed E-state index contributed by atoms with van der Waals surface area (Å²) in [4.78, 5) is 12.8. The van der Waals surface area contributed by atoms with Crippen LogP contribution in [0.25, 0.3) is 12.2 Å². The standard InChI is InChI=1S/C19H13N3.Pt/c1-3-13-20-17(7-1)10-9-16-6-5-15-22-19(16)12-11-18-8-2-4-14-21-18;/h1-8,10-11,13-15H;/q-2;+2. The van der Waals surface area contributed by atoms with Crippen LogP contribution in [0.5, 0.6) is 0 Å². The Kier molecular flexibility index (Phi) is 6.58. The molecular weight excluding hydrogens is 465 g/mol. The summed E-state index contributed by atoms with van der Waals surface area (Å²) in [7, 11) is 0. The first-order valence-corrected chi connectivity index (χ1v) is 6.88. The van der Waals surface area contributed by atoms with Gasteiger partial charge in [-0.05, 0) is 23.5 Å². The summed E-state index contributed by atoms with van der Waals surface area (Å²) in [6.07, 6.45) is 15.3. The third-order valence-corrected chi connectivity index (χ3v) is 2.92. The van der Waals surface area contributed by atoms with Gasteiger partial charge >= 0.3 is 21.1 Å². The maximum Gasteiger partial charge on any atom is 2.00 e. The Balaban J connectivity index is 0.00000192. The molecule has 0 saturated heterocycles. The summed E-state index contributed by atoms with van der Waals surface area (Å²) in [6, 6.07) is 15.3. The molecule has 0 unspecified atom stereocenters. The van der Waals surface area contributed by atoms with Crippen molar-refractivity contribution in [1.29, 1.82) is 0 Å². The summed E-state index contributed by atoms with van der Waals surface area (Å²) in [5, 5.41) is 0. The van der Waals surface area contributed by atoms with E-state index in [0.29, 0.717) is 0 Å². The number of hydrogen-bond donors (Lipinski definition) is 0. The van der Waals surface area contributed by atoms with E-state index in [0.717, 1.165) is 22.6 Å². The number of rotatable bonds is 4. The summed E-state index contributed by atoms with van der Waals surface area (Å²) in [5.41, 5.74) is 3.28. The first kappa shape index (κ1) is 17.0. The second-order valence-electron chi connectivity index (χ2n) is 4.49. The molecule has 0 aliphatic carbocycles. The molecule has 3 aromatic heterocycles. The molecule has 3 aromatic rings. The fraction of sp³-hybridized carbons (Fsp3) is 0. The molecule has 4 heteroatoms. The van der Waals surface area contributed by atoms with Crippen LogP contribution in [0.2, 0.25) is 0 Å². The molecule has 0 aliphatic rings. The summed E-state index contributed by atoms with van der Waals surface area (Å²) < 4.78 is 0. The second-order valence-corrected chi connectivity index (χ2v) is 4.49. The molecule has 0 spiro atoms. The van der Waals surface area contributed by atoms with Crippen LogP contribution in [0, 0.1) is 12.2 Å². The van der Waals surface area contributed by atoms with Crippen LogP contribution in [0.3, 0.4) is 0 Å². The van der Waals surface area contributed by atoms with Crippen molar-refractivity contribution >= 4 is 12.2 Å². The van der Waals surface area contributed by atoms with Crippen LogP contribution in [-0.4, -0.2) is 15.0 Å². The van der Waals surface area contributed by atoms with Crippen molar-refractivity contribution in [2.45, 2.75) is 0 Å². The third kappa shape index (κ3) is 5.08. The number of nitrogens with zero attached hydrogens (tertiary/aromatic N) is 3. The Bertz CT molecular complexity index is 715. The summed E-state index contributed by atoms with van der Waals surface area (Å²) >= 11 is 0. The molecule has 0 aromatic carbocycles. The van der Waals surface area contributed by atoms with Crippen LogP contribution < -0.4 is 0 Å². The van der Waals surface area contributed by atoms with Gasteiger partial charge in [-0.2, -0.15) is 12.1 Å². The molecule has 0 N–H and O–H groups in total. The van der Waals surface area contributed by atoms with Gasteiger partial charge in [0.1, 0.15) is 0 Å². The second kappa shape index (κ2) is 8.92. The molecule has 23 heavy (non-hydrogen) atoms. The van der Waals surface area contributed by atoms with Gasteiger partial charge in [0.25, 0.3) is 0 Å². The normalized spacial score (nSPS) is 10.8. The molecule has 3 nitrogen and oxygen atoms in total. The van der Waals surface area contributed by atoms with Crippen LogP contribution in [-0.2, 0) is 21.1 Å². The topological polar surface area (TPSA) is 38.7 Å². The van der Waals surface area contributed by atoms with E-state index in [1.54, 1.807) is 18.6 Å². The molecule has 3 heterocycles. The first-order valence-electron chi connectivity index (χ1n) is 6.88. The minimum atomic E-state index is 0. The number of hydrogen-bond acceptors (Lipinski definition) is 3. The molecule has 0 amide bonds. The summed E-state index contributed by atoms with van der Waals surface area (Å²) in [6.45, 7) is 0. The van der Waals surface area contributed by atoms with Crippen molar-refractivity contribution < 1.29 is 21.1 Å². The van der Waals surface area contributed by atoms with Gasteiger partial charge in [-0.1, -0.05) is 30.3 Å². The van der Waals surface area contributed by atoms with Gasteiger partial charge in [0.2, 0.25) is 0 Å². The van der Waals surface area contributed by atoms with Gasteiger partial charge in [-0.15, -0.1) is 11.8 Å². The Morgan fingerprint density at radius 3 is 1.87 bits per heavy atom. The van der Waals surface area contributed by atoms with Crippen molar-refractivity contribution in [2.75, 3.05) is 0 Å². The van der Waals surface area contributed by atoms with Crippen molar-refractivity contribution in [1.82, 2.24) is 15.0 Å². The smallest absolute Gasteiger partial charge is 0.332 e. The quantitative estimate of drug-likeness (QED) is 0.538. The zero-order valence-electron chi connectivity index (χ0n) is 12.2. The van der Waals surface area contributed by atoms with Crippen molar-refractivity contribution in [3.63, 3.8) is 0 Å². The number of aromatic nitrogens is 3. The van der Waals surface area contributed by atoms with Crippen molar-refractivity contribution in [3.05, 3.63) is 102 Å². The molecule has 0 bridgehead atoms. The molecule has 0 radical (unpaired) electrons. The van der Waals surface area contributed by atoms with E-state index in [1.807, 2.05) is 60.7 Å². The minimum Gasteiger partial charge on any atom is -0.332 e. The Morgan fingerprint density at radius 2 is 1.26 bits per heavy atom. The van der Waals surface area contributed by atoms with Gasteiger partial charge < -0.3 is 15.0 Å². The van der Waals surface area contributed by atoms with Crippen LogP contribution >= 0.6 is 0 Å². The Morgan fingerprint density at radius 1 is 0.652 bits per heavy atom. The van der Waals surface area contributed by atoms with Crippen LogP contribution in [0.4, 0.5) is 0 Å². The molecule has 0 aliphatic heterocycles. The van der Waals surface area contributed by atoms with Gasteiger partial charge in [-0.3, -0.25) is 0 Å². The minimum absolute atomic E-state index is 0. The molecule has 0 saturated carbocycles. The van der Waals surface area contributed by atoms with Gasteiger partial charge in [0, 0.05) is 18.6 Å². The maximum atomic E-state index is 4.33. The molecule has 0 atom stereocenters. The van der Waals surface area contributed by atoms with Crippen LogP contribution in [0.1, 0.15) is 22.6 Å². The molecular formula is C19H13N3Pt. The van der Waals surface area contributed by atoms with E-state index in [-0.39, 0.29) is 21.1 Å². The largest absolute Gasteiger partial charge is 2.00 e. The fourth-order valence-electron chi connectivity index (χ4n) is 1.85. The van der Waals surface area contributed by atoms with E-state index in [4.69, 9.17) is 0 Å². The van der Waals surface area contributed by atoms with Crippen molar-refractivity contribution in [3.8, 4) is 0 Å². The van der Waals surface area contributed by atoms with Crippen LogP contribution in [0.15, 0.2) is 67.1 Å². The van der Waals surface area contributed by atoms with Gasteiger partial charge in [0.05, 0.1) is 0 Å². The molecule has 114 valence electrons. The van der Waals surface area contributed by atoms with E-state index in [9.17, 15) is 0 Å². The van der Waals surface area contributed by atoms with E-state index in [1.165, 1.54) is 0 Å². The SMILES string of the molecule is [C-](=Cc1ccccn1)c1cccnc1[C-]=Cc1ccccn1.[Pt+2]. The molecule has 0 fully saturated rings. The summed E-state index contributed by atoms with van der Waals surface area (Å²) in [5.74, 6) is 0. The third-order valence-electron chi connectivity index (χ3n) is 2.92. The zero-order valence-corrected chi connectivity index (χ0v) is 14.4. The number of pyridine rings is 3. The van der Waals surface area contributed by atoms with E-state index < -0.39 is 0 Å². The van der Waals surface area contributed by atoms with Gasteiger partial charge in [-0.25, -0.2) is 17.7 Å². The van der Waals surface area contributed by atoms with E-state index in [2.05, 4.69) is 27.1 Å². The van der Waals surface area contributed by atoms with Gasteiger partial charge in [0.15, 0.2) is 0 Å². The predicted octanol–water partition coefficient (Wildman–Crippen LogP) is 3.60. The average molecular weight is 478 g/mol. The average Bonchev–Trinajstić information content (AvgIpc) is 2.61. The zero-order chi connectivity index (χ0) is 15.0. The first-order chi connectivity index (χ1) is 10.9. The molecule has 3 rings (SSSR count).